The van der Waals surface area contributed by atoms with E-state index < -0.39 is 15.7 Å². The largest absolute Gasteiger partial charge is 0.335 e. The molecule has 26 heavy (non-hydrogen) atoms. The smallest absolute Gasteiger partial charge is 0.267 e. The summed E-state index contributed by atoms with van der Waals surface area (Å²) in [6.07, 6.45) is 2.63. The Labute approximate surface area is 152 Å². The molecular weight excluding hydrogens is 358 g/mol. The van der Waals surface area contributed by atoms with E-state index in [4.69, 9.17) is 5.21 Å². The Morgan fingerprint density at radius 2 is 1.81 bits per heavy atom. The lowest BCUT2D eigenvalue weighted by atomic mass is 10.0. The number of rotatable bonds is 4. The number of carbonyl (C=O) groups excluding carboxylic acids is 2. The van der Waals surface area contributed by atoms with E-state index in [0.717, 1.165) is 6.08 Å². The van der Waals surface area contributed by atoms with E-state index in [1.54, 1.807) is 29.2 Å². The molecule has 1 aromatic rings. The summed E-state index contributed by atoms with van der Waals surface area (Å²) in [4.78, 5) is 27.7. The van der Waals surface area contributed by atoms with Gasteiger partial charge in [-0.05, 0) is 17.7 Å². The van der Waals surface area contributed by atoms with E-state index in [1.165, 1.54) is 11.6 Å². The predicted octanol–water partition coefficient (Wildman–Crippen LogP) is -0.240. The molecule has 3 rings (SSSR count). The van der Waals surface area contributed by atoms with Crippen molar-refractivity contribution in [3.63, 3.8) is 0 Å². The number of nitrogens with zero attached hydrogens (tertiary/aromatic N) is 2. The topological polar surface area (TPSA) is 107 Å². The predicted molar refractivity (Wildman–Crippen MR) is 95.3 cm³/mol. The highest BCUT2D eigenvalue weighted by atomic mass is 32.2. The molecule has 0 spiro atoms. The molecule has 2 amide bonds. The molecule has 2 fully saturated rings. The zero-order valence-electron chi connectivity index (χ0n) is 14.2. The van der Waals surface area contributed by atoms with Gasteiger partial charge in [0.2, 0.25) is 0 Å². The van der Waals surface area contributed by atoms with E-state index in [-0.39, 0.29) is 23.5 Å². The Bertz CT molecular complexity index is 817. The second kappa shape index (κ2) is 7.56. The van der Waals surface area contributed by atoms with Gasteiger partial charge in [-0.15, -0.1) is 0 Å². The number of nitrogens with one attached hydrogen (secondary N) is 1. The highest BCUT2D eigenvalue weighted by Gasteiger charge is 2.37. The lowest BCUT2D eigenvalue weighted by Crippen LogP contribution is -2.63. The first-order valence-corrected chi connectivity index (χ1v) is 10.2. The molecule has 2 heterocycles. The Balaban J connectivity index is 1.62. The molecule has 0 aromatic heterocycles. The number of hydroxylamine groups is 1. The average molecular weight is 379 g/mol. The van der Waals surface area contributed by atoms with E-state index in [0.29, 0.717) is 37.3 Å². The Hall–Kier alpha value is -2.23. The number of carbonyl (C=O) groups is 2. The zero-order chi connectivity index (χ0) is 18.7. The van der Waals surface area contributed by atoms with Crippen LogP contribution >= 0.6 is 0 Å². The fourth-order valence-corrected chi connectivity index (χ4v) is 4.38. The molecule has 0 saturated carbocycles. The van der Waals surface area contributed by atoms with Gasteiger partial charge in [0, 0.05) is 43.9 Å². The van der Waals surface area contributed by atoms with Crippen molar-refractivity contribution in [1.82, 2.24) is 15.3 Å². The van der Waals surface area contributed by atoms with Crippen LogP contribution < -0.4 is 5.48 Å². The monoisotopic (exact) mass is 379 g/mol. The standard InChI is InChI=1S/C17H21N3O5S/c21-16(18-23)6-5-13-3-1-2-4-15(13)17(22)20-11-14(12-20)19-7-9-26(24,25)10-8-19/h1-6,14,23H,7-12H2,(H,18,21). The van der Waals surface area contributed by atoms with Gasteiger partial charge >= 0.3 is 0 Å². The highest BCUT2D eigenvalue weighted by molar-refractivity contribution is 7.91. The third-order valence-corrected chi connectivity index (χ3v) is 6.37. The number of benzene rings is 1. The molecule has 0 bridgehead atoms. The minimum absolute atomic E-state index is 0.129. The van der Waals surface area contributed by atoms with Crippen LogP contribution in [0.15, 0.2) is 30.3 Å². The molecular formula is C17H21N3O5S. The minimum atomic E-state index is -2.91. The summed E-state index contributed by atoms with van der Waals surface area (Å²) in [5.74, 6) is -0.442. The Kier molecular flexibility index (Phi) is 5.40. The molecule has 9 heteroatoms. The summed E-state index contributed by atoms with van der Waals surface area (Å²) in [6.45, 7) is 2.16. The second-order valence-corrected chi connectivity index (χ2v) is 8.75. The van der Waals surface area contributed by atoms with Gasteiger partial charge in [0.05, 0.1) is 11.5 Å². The van der Waals surface area contributed by atoms with E-state index in [1.807, 2.05) is 0 Å². The molecule has 2 N–H and O–H groups in total. The summed E-state index contributed by atoms with van der Waals surface area (Å²) < 4.78 is 23.0. The van der Waals surface area contributed by atoms with Gasteiger partial charge in [-0.25, -0.2) is 13.9 Å². The Morgan fingerprint density at radius 3 is 2.46 bits per heavy atom. The van der Waals surface area contributed by atoms with Crippen LogP contribution in [0.3, 0.4) is 0 Å². The fourth-order valence-electron chi connectivity index (χ4n) is 3.15. The molecule has 1 aromatic carbocycles. The van der Waals surface area contributed by atoms with E-state index in [2.05, 4.69) is 4.90 Å². The van der Waals surface area contributed by atoms with Crippen molar-refractivity contribution in [1.29, 1.82) is 0 Å². The van der Waals surface area contributed by atoms with Gasteiger partial charge in [0.15, 0.2) is 9.84 Å². The van der Waals surface area contributed by atoms with Gasteiger partial charge in [-0.3, -0.25) is 19.7 Å². The molecule has 2 saturated heterocycles. The number of hydrogen-bond acceptors (Lipinski definition) is 6. The molecule has 140 valence electrons. The number of likely N-dealkylation sites (tertiary alicyclic amines) is 1. The van der Waals surface area contributed by atoms with Crippen molar-refractivity contribution in [2.45, 2.75) is 6.04 Å². The van der Waals surface area contributed by atoms with Crippen molar-refractivity contribution in [2.75, 3.05) is 37.7 Å². The molecule has 0 aliphatic carbocycles. The van der Waals surface area contributed by atoms with Crippen LogP contribution in [0, 0.1) is 0 Å². The quantitative estimate of drug-likeness (QED) is 0.425. The van der Waals surface area contributed by atoms with Crippen molar-refractivity contribution in [2.24, 2.45) is 0 Å². The third-order valence-electron chi connectivity index (χ3n) is 4.76. The molecule has 2 aliphatic rings. The summed E-state index contributed by atoms with van der Waals surface area (Å²) in [6, 6.07) is 7.13. The summed E-state index contributed by atoms with van der Waals surface area (Å²) >= 11 is 0. The number of sulfone groups is 1. The van der Waals surface area contributed by atoms with Crippen molar-refractivity contribution >= 4 is 27.7 Å². The molecule has 0 atom stereocenters. The van der Waals surface area contributed by atoms with Gasteiger partial charge in [-0.1, -0.05) is 18.2 Å². The van der Waals surface area contributed by atoms with Crippen LogP contribution in [-0.4, -0.2) is 79.0 Å². The zero-order valence-corrected chi connectivity index (χ0v) is 15.0. The maximum absolute atomic E-state index is 12.7. The van der Waals surface area contributed by atoms with Gasteiger partial charge in [0.1, 0.15) is 0 Å². The first-order chi connectivity index (χ1) is 12.4. The minimum Gasteiger partial charge on any atom is -0.335 e. The summed E-state index contributed by atoms with van der Waals surface area (Å²) in [5.41, 5.74) is 2.58. The van der Waals surface area contributed by atoms with Crippen LogP contribution in [0.25, 0.3) is 6.08 Å². The maximum Gasteiger partial charge on any atom is 0.267 e. The van der Waals surface area contributed by atoms with Crippen LogP contribution in [0.2, 0.25) is 0 Å². The summed E-state index contributed by atoms with van der Waals surface area (Å²) in [5, 5.41) is 8.54. The fraction of sp³-hybridized carbons (Fsp3) is 0.412. The van der Waals surface area contributed by atoms with E-state index >= 15 is 0 Å². The van der Waals surface area contributed by atoms with Crippen LogP contribution in [0.1, 0.15) is 15.9 Å². The Morgan fingerprint density at radius 1 is 1.15 bits per heavy atom. The lowest BCUT2D eigenvalue weighted by Gasteiger charge is -2.46. The lowest BCUT2D eigenvalue weighted by molar-refractivity contribution is -0.124. The van der Waals surface area contributed by atoms with Crippen molar-refractivity contribution < 1.29 is 23.2 Å². The van der Waals surface area contributed by atoms with Crippen LogP contribution in [0.4, 0.5) is 0 Å². The maximum atomic E-state index is 12.7. The number of amides is 2. The van der Waals surface area contributed by atoms with Gasteiger partial charge < -0.3 is 4.90 Å². The first kappa shape index (κ1) is 18.6. The second-order valence-electron chi connectivity index (χ2n) is 6.45. The highest BCUT2D eigenvalue weighted by Crippen LogP contribution is 2.22. The molecule has 8 nitrogen and oxygen atoms in total. The van der Waals surface area contributed by atoms with Crippen LogP contribution in [-0.2, 0) is 14.6 Å². The van der Waals surface area contributed by atoms with Gasteiger partial charge in [-0.2, -0.15) is 0 Å². The van der Waals surface area contributed by atoms with Crippen molar-refractivity contribution in [3.05, 3.63) is 41.5 Å². The normalized spacial score (nSPS) is 20.7. The average Bonchev–Trinajstić information content (AvgIpc) is 2.59. The molecule has 0 radical (unpaired) electrons. The third kappa shape index (κ3) is 4.12. The van der Waals surface area contributed by atoms with Gasteiger partial charge in [0.25, 0.3) is 11.8 Å². The van der Waals surface area contributed by atoms with E-state index in [9.17, 15) is 18.0 Å². The SMILES string of the molecule is O=C(C=Cc1ccccc1C(=O)N1CC(N2CCS(=O)(=O)CC2)C1)NO. The molecule has 2 aliphatic heterocycles. The molecule has 0 unspecified atom stereocenters. The summed E-state index contributed by atoms with van der Waals surface area (Å²) in [7, 11) is -2.91. The first-order valence-electron chi connectivity index (χ1n) is 8.34. The van der Waals surface area contributed by atoms with Crippen molar-refractivity contribution in [3.8, 4) is 0 Å². The van der Waals surface area contributed by atoms with Crippen LogP contribution in [0.5, 0.6) is 0 Å². The number of hydrogen-bond donors (Lipinski definition) is 2.